The third-order valence-corrected chi connectivity index (χ3v) is 10.9. The first-order valence-electron chi connectivity index (χ1n) is 23.2. The van der Waals surface area contributed by atoms with E-state index >= 15 is 0 Å². The molecule has 0 aliphatic rings. The molecule has 3 amide bonds. The van der Waals surface area contributed by atoms with Crippen LogP contribution in [0.15, 0.2) is 0 Å². The Balaban J connectivity index is 4.26. The number of carbonyl (C=O) groups excluding carboxylic acids is 3. The fourth-order valence-corrected chi connectivity index (χ4v) is 7.28. The summed E-state index contributed by atoms with van der Waals surface area (Å²) in [7, 11) is 0. The van der Waals surface area contributed by atoms with Gasteiger partial charge in [0.05, 0.1) is 19.1 Å². The van der Waals surface area contributed by atoms with Crippen LogP contribution in [0.3, 0.4) is 0 Å². The van der Waals surface area contributed by atoms with Crippen molar-refractivity contribution in [2.24, 2.45) is 11.5 Å². The van der Waals surface area contributed by atoms with Crippen LogP contribution in [0.25, 0.3) is 0 Å². The van der Waals surface area contributed by atoms with Crippen molar-refractivity contribution in [3.8, 4) is 0 Å². The molecule has 0 aromatic rings. The number of rotatable bonds is 42. The highest BCUT2D eigenvalue weighted by Gasteiger charge is 2.16. The summed E-state index contributed by atoms with van der Waals surface area (Å²) in [6, 6.07) is -0.534. The molecular formula is C45H91N5O3. The molecule has 0 saturated heterocycles. The molecule has 0 saturated carbocycles. The van der Waals surface area contributed by atoms with Crippen LogP contribution in [-0.4, -0.2) is 49.4 Å². The Morgan fingerprint density at radius 2 is 0.736 bits per heavy atom. The SMILES string of the molecule is CCCCCCCCCCCCCCCCCCC(CCCCCCCCCCCCCCCCC)NC(=O)CNC(=O)CNC(=O)[C@@H](N)CCCN. The van der Waals surface area contributed by atoms with Gasteiger partial charge in [-0.25, -0.2) is 0 Å². The minimum Gasteiger partial charge on any atom is -0.352 e. The highest BCUT2D eigenvalue weighted by Crippen LogP contribution is 2.17. The molecule has 7 N–H and O–H groups in total. The zero-order valence-corrected chi connectivity index (χ0v) is 35.4. The number of carbonyl (C=O) groups is 3. The predicted octanol–water partition coefficient (Wildman–Crippen LogP) is 10.7. The van der Waals surface area contributed by atoms with E-state index in [4.69, 9.17) is 11.5 Å². The van der Waals surface area contributed by atoms with E-state index in [-0.39, 0.29) is 30.9 Å². The summed E-state index contributed by atoms with van der Waals surface area (Å²) in [6.45, 7) is 4.76. The zero-order valence-electron chi connectivity index (χ0n) is 35.4. The van der Waals surface area contributed by atoms with E-state index in [0.717, 1.165) is 25.7 Å². The van der Waals surface area contributed by atoms with E-state index in [1.165, 1.54) is 186 Å². The molecule has 0 fully saturated rings. The highest BCUT2D eigenvalue weighted by atomic mass is 16.2. The first-order valence-corrected chi connectivity index (χ1v) is 23.2. The van der Waals surface area contributed by atoms with Crippen molar-refractivity contribution in [2.45, 2.75) is 251 Å². The summed E-state index contributed by atoms with van der Waals surface area (Å²) in [5, 5.41) is 8.40. The average molecular weight is 750 g/mol. The molecule has 0 aromatic heterocycles. The van der Waals surface area contributed by atoms with Gasteiger partial charge in [-0.2, -0.15) is 0 Å². The van der Waals surface area contributed by atoms with Gasteiger partial charge in [0.25, 0.3) is 0 Å². The molecular weight excluding hydrogens is 659 g/mol. The summed E-state index contributed by atoms with van der Waals surface area (Å²) in [6.07, 6.45) is 45.0. The molecule has 53 heavy (non-hydrogen) atoms. The Kier molecular flexibility index (Phi) is 40.2. The van der Waals surface area contributed by atoms with Crippen molar-refractivity contribution in [2.75, 3.05) is 19.6 Å². The highest BCUT2D eigenvalue weighted by molar-refractivity contribution is 5.89. The van der Waals surface area contributed by atoms with Crippen molar-refractivity contribution in [3.63, 3.8) is 0 Å². The molecule has 1 unspecified atom stereocenters. The Hall–Kier alpha value is -1.67. The maximum atomic E-state index is 12.8. The van der Waals surface area contributed by atoms with Crippen LogP contribution in [0.4, 0.5) is 0 Å². The number of amides is 3. The number of hydrogen-bond donors (Lipinski definition) is 5. The van der Waals surface area contributed by atoms with Gasteiger partial charge < -0.3 is 27.4 Å². The minimum absolute atomic E-state index is 0.0811. The molecule has 0 aromatic carbocycles. The van der Waals surface area contributed by atoms with Crippen LogP contribution >= 0.6 is 0 Å². The van der Waals surface area contributed by atoms with Gasteiger partial charge in [-0.3, -0.25) is 14.4 Å². The quantitative estimate of drug-likeness (QED) is 0.0395. The predicted molar refractivity (Wildman–Crippen MR) is 228 cm³/mol. The Morgan fingerprint density at radius 1 is 0.415 bits per heavy atom. The third-order valence-electron chi connectivity index (χ3n) is 10.9. The summed E-state index contributed by atoms with van der Waals surface area (Å²) < 4.78 is 0. The molecule has 0 heterocycles. The summed E-state index contributed by atoms with van der Waals surface area (Å²) in [4.78, 5) is 37.2. The van der Waals surface area contributed by atoms with E-state index in [2.05, 4.69) is 29.8 Å². The van der Waals surface area contributed by atoms with Crippen LogP contribution in [0, 0.1) is 0 Å². The minimum atomic E-state index is -0.681. The molecule has 0 spiro atoms. The van der Waals surface area contributed by atoms with Gasteiger partial charge in [-0.05, 0) is 32.2 Å². The molecule has 314 valence electrons. The van der Waals surface area contributed by atoms with Crippen molar-refractivity contribution >= 4 is 17.7 Å². The fourth-order valence-electron chi connectivity index (χ4n) is 7.28. The van der Waals surface area contributed by atoms with Gasteiger partial charge in [-0.15, -0.1) is 0 Å². The molecule has 0 aliphatic heterocycles. The Bertz CT molecular complexity index is 811. The monoisotopic (exact) mass is 750 g/mol. The van der Waals surface area contributed by atoms with Crippen LogP contribution in [-0.2, 0) is 14.4 Å². The van der Waals surface area contributed by atoms with Crippen LogP contribution in [0.5, 0.6) is 0 Å². The van der Waals surface area contributed by atoms with Gasteiger partial charge in [-0.1, -0.05) is 213 Å². The molecule has 0 bridgehead atoms. The molecule has 8 heteroatoms. The first kappa shape index (κ1) is 51.3. The van der Waals surface area contributed by atoms with E-state index < -0.39 is 11.9 Å². The van der Waals surface area contributed by atoms with Crippen molar-refractivity contribution < 1.29 is 14.4 Å². The smallest absolute Gasteiger partial charge is 0.239 e. The lowest BCUT2D eigenvalue weighted by Gasteiger charge is -2.19. The van der Waals surface area contributed by atoms with Crippen molar-refractivity contribution in [1.29, 1.82) is 0 Å². The molecule has 8 nitrogen and oxygen atoms in total. The van der Waals surface area contributed by atoms with Gasteiger partial charge in [0.15, 0.2) is 0 Å². The van der Waals surface area contributed by atoms with Gasteiger partial charge in [0.2, 0.25) is 17.7 Å². The van der Waals surface area contributed by atoms with Crippen molar-refractivity contribution in [1.82, 2.24) is 16.0 Å². The fraction of sp³-hybridized carbons (Fsp3) is 0.933. The molecule has 0 rings (SSSR count). The van der Waals surface area contributed by atoms with E-state index in [1.54, 1.807) is 0 Å². The number of nitrogens with two attached hydrogens (primary N) is 2. The third kappa shape index (κ3) is 38.4. The van der Waals surface area contributed by atoms with E-state index in [9.17, 15) is 14.4 Å². The summed E-state index contributed by atoms with van der Waals surface area (Å²) in [5.74, 6) is -0.927. The van der Waals surface area contributed by atoms with Crippen molar-refractivity contribution in [3.05, 3.63) is 0 Å². The maximum Gasteiger partial charge on any atom is 0.239 e. The lowest BCUT2D eigenvalue weighted by Crippen LogP contribution is -2.47. The van der Waals surface area contributed by atoms with Gasteiger partial charge >= 0.3 is 0 Å². The molecule has 0 radical (unpaired) electrons. The molecule has 2 atom stereocenters. The average Bonchev–Trinajstić information content (AvgIpc) is 3.16. The van der Waals surface area contributed by atoms with Crippen LogP contribution in [0.2, 0.25) is 0 Å². The Labute approximate surface area is 329 Å². The van der Waals surface area contributed by atoms with E-state index in [0.29, 0.717) is 19.4 Å². The number of hydrogen-bond acceptors (Lipinski definition) is 5. The van der Waals surface area contributed by atoms with E-state index in [1.807, 2.05) is 0 Å². The first-order chi connectivity index (χ1) is 25.9. The summed E-state index contributed by atoms with van der Waals surface area (Å²) >= 11 is 0. The standard InChI is InChI=1S/C45H91N5O3/c1-3-5-7-9-11-13-15-17-19-21-23-25-27-29-31-33-36-41(35-32-30-28-26-24-22-20-18-16-14-12-10-8-6-4-2)50-44(52)40-48-43(51)39-49-45(53)42(47)37-34-38-46/h41-42H,3-40,46-47H2,1-2H3,(H,48,51)(H,49,53)(H,50,52)/t41?,42-/m0/s1. The van der Waals surface area contributed by atoms with Gasteiger partial charge in [0, 0.05) is 6.04 Å². The second-order valence-corrected chi connectivity index (χ2v) is 16.1. The zero-order chi connectivity index (χ0) is 38.9. The van der Waals surface area contributed by atoms with Crippen LogP contribution < -0.4 is 27.4 Å². The lowest BCUT2D eigenvalue weighted by molar-refractivity contribution is -0.128. The topological polar surface area (TPSA) is 139 Å². The Morgan fingerprint density at radius 3 is 1.08 bits per heavy atom. The number of nitrogens with one attached hydrogen (secondary N) is 3. The number of unbranched alkanes of at least 4 members (excludes halogenated alkanes) is 29. The second-order valence-electron chi connectivity index (χ2n) is 16.1. The van der Waals surface area contributed by atoms with Gasteiger partial charge in [0.1, 0.15) is 0 Å². The molecule has 0 aliphatic carbocycles. The largest absolute Gasteiger partial charge is 0.352 e. The normalized spacial score (nSPS) is 12.5. The maximum absolute atomic E-state index is 12.8. The lowest BCUT2D eigenvalue weighted by atomic mass is 9.99. The van der Waals surface area contributed by atoms with Crippen LogP contribution in [0.1, 0.15) is 239 Å². The second kappa shape index (κ2) is 41.5. The summed E-state index contributed by atoms with van der Waals surface area (Å²) in [5.41, 5.74) is 11.3.